The van der Waals surface area contributed by atoms with Crippen LogP contribution in [0.1, 0.15) is 48.5 Å². The zero-order valence-electron chi connectivity index (χ0n) is 31.3. The van der Waals surface area contributed by atoms with Gasteiger partial charge in [-0.15, -0.1) is 0 Å². The van der Waals surface area contributed by atoms with Crippen LogP contribution in [0.3, 0.4) is 0 Å². The fourth-order valence-electron chi connectivity index (χ4n) is 4.74. The molecule has 0 aliphatic carbocycles. The number of nitrogens with zero attached hydrogens (tertiary/aromatic N) is 3. The lowest BCUT2D eigenvalue weighted by Gasteiger charge is -2.29. The van der Waals surface area contributed by atoms with Crippen LogP contribution in [0.4, 0.5) is 9.59 Å². The number of halogens is 1. The molecule has 54 heavy (non-hydrogen) atoms. The molecule has 4 rings (SSSR count). The maximum atomic E-state index is 13.6. The first-order chi connectivity index (χ1) is 25.2. The molecule has 0 spiro atoms. The van der Waals surface area contributed by atoms with Crippen molar-refractivity contribution in [1.29, 1.82) is 0 Å². The first-order valence-electron chi connectivity index (χ1n) is 16.7. The van der Waals surface area contributed by atoms with E-state index in [1.54, 1.807) is 84.1 Å². The van der Waals surface area contributed by atoms with Gasteiger partial charge in [0.05, 0.1) is 12.8 Å². The van der Waals surface area contributed by atoms with Crippen LogP contribution in [0.2, 0.25) is 5.02 Å². The van der Waals surface area contributed by atoms with E-state index in [1.165, 1.54) is 29.4 Å². The van der Waals surface area contributed by atoms with Gasteiger partial charge in [0.25, 0.3) is 5.56 Å². The van der Waals surface area contributed by atoms with E-state index in [0.717, 1.165) is 11.1 Å². The van der Waals surface area contributed by atoms with E-state index < -0.39 is 60.6 Å². The molecule has 16 nitrogen and oxygen atoms in total. The van der Waals surface area contributed by atoms with Crippen LogP contribution in [0, 0.1) is 0 Å². The summed E-state index contributed by atoms with van der Waals surface area (Å²) in [7, 11) is 1.41. The van der Waals surface area contributed by atoms with Gasteiger partial charge in [0.15, 0.2) is 17.1 Å². The van der Waals surface area contributed by atoms with Gasteiger partial charge in [0, 0.05) is 22.8 Å². The second-order valence-electron chi connectivity index (χ2n) is 14.3. The fraction of sp³-hybridized carbons (Fsp3) is 0.405. The minimum Gasteiger partial charge on any atom is -0.493 e. The summed E-state index contributed by atoms with van der Waals surface area (Å²) in [5.41, 5.74) is -1.14. The maximum absolute atomic E-state index is 13.6. The van der Waals surface area contributed by atoms with Gasteiger partial charge >= 0.3 is 24.1 Å². The van der Waals surface area contributed by atoms with E-state index in [0.29, 0.717) is 16.2 Å². The number of nitrogens with one attached hydrogen (secondary N) is 2. The Morgan fingerprint density at radius 3 is 1.96 bits per heavy atom. The van der Waals surface area contributed by atoms with Gasteiger partial charge in [-0.25, -0.2) is 14.1 Å². The highest BCUT2D eigenvalue weighted by Crippen LogP contribution is 2.31. The Hall–Kier alpha value is -5.77. The largest absolute Gasteiger partial charge is 0.493 e. The van der Waals surface area contributed by atoms with E-state index in [9.17, 15) is 24.0 Å². The Kier molecular flexibility index (Phi) is 12.8. The highest BCUT2D eigenvalue weighted by Gasteiger charge is 2.33. The maximum Gasteiger partial charge on any atom is 0.408 e. The minimum atomic E-state index is -1.61. The summed E-state index contributed by atoms with van der Waals surface area (Å²) in [5, 5.41) is 9.60. The third-order valence-electron chi connectivity index (χ3n) is 7.12. The van der Waals surface area contributed by atoms with Crippen LogP contribution in [0.15, 0.2) is 65.8 Å². The van der Waals surface area contributed by atoms with Gasteiger partial charge in [-0.3, -0.25) is 19.0 Å². The average Bonchev–Trinajstić information content (AvgIpc) is 3.52. The molecular formula is C37H44ClN5O11. The number of fused-ring (bicyclic) bond motifs is 1. The molecule has 2 amide bonds. The molecule has 0 aliphatic rings. The van der Waals surface area contributed by atoms with Gasteiger partial charge in [-0.2, -0.15) is 5.10 Å². The van der Waals surface area contributed by atoms with Crippen molar-refractivity contribution in [1.82, 2.24) is 24.8 Å². The molecule has 0 aliphatic heterocycles. The van der Waals surface area contributed by atoms with Crippen molar-refractivity contribution in [2.45, 2.75) is 65.3 Å². The summed E-state index contributed by atoms with van der Waals surface area (Å²) in [6.07, 6.45) is 1.46. The third kappa shape index (κ3) is 11.9. The first kappa shape index (κ1) is 41.0. The van der Waals surface area contributed by atoms with E-state index in [-0.39, 0.29) is 23.7 Å². The number of alkyl carbamates (subject to hydrolysis) is 2. The standard InChI is InChI=1S/C37H44ClN5O11/c1-35(2,3)53-33(47)39-17-30(44)51-21-37(7,52-31(45)18-40-34(48)54-36(4,5)6)20-50-28-14-13-26(16-29(28)49-8)42-22-41-43-19-24(15-27(43)32(42)46)23-9-11-25(38)12-10-23/h9-16,19,22H,17-18,20-21H2,1-8H3,(H,39,47)(H,40,48). The number of amides is 2. The Labute approximate surface area is 316 Å². The van der Waals surface area contributed by atoms with Crippen LogP contribution in [0.25, 0.3) is 22.3 Å². The number of hydrogen-bond donors (Lipinski definition) is 2. The number of esters is 2. The smallest absolute Gasteiger partial charge is 0.408 e. The van der Waals surface area contributed by atoms with Crippen molar-refractivity contribution in [3.8, 4) is 28.3 Å². The fourth-order valence-corrected chi connectivity index (χ4v) is 4.87. The number of benzene rings is 2. The Morgan fingerprint density at radius 2 is 1.37 bits per heavy atom. The van der Waals surface area contributed by atoms with Crippen molar-refractivity contribution in [3.05, 3.63) is 76.4 Å². The zero-order valence-corrected chi connectivity index (χ0v) is 32.1. The van der Waals surface area contributed by atoms with Gasteiger partial charge in [-0.05, 0) is 84.4 Å². The molecule has 0 bridgehead atoms. The molecule has 4 aromatic rings. The summed E-state index contributed by atoms with van der Waals surface area (Å²) >= 11 is 6.03. The quantitative estimate of drug-likeness (QED) is 0.136. The molecular weight excluding hydrogens is 726 g/mol. The summed E-state index contributed by atoms with van der Waals surface area (Å²) < 4.78 is 35.6. The minimum absolute atomic E-state index is 0.197. The molecule has 1 atom stereocenters. The summed E-state index contributed by atoms with van der Waals surface area (Å²) in [5.74, 6) is -1.32. The van der Waals surface area contributed by atoms with Crippen molar-refractivity contribution in [3.63, 3.8) is 0 Å². The predicted octanol–water partition coefficient (Wildman–Crippen LogP) is 5.09. The number of methoxy groups -OCH3 is 1. The van der Waals surface area contributed by atoms with E-state index in [4.69, 9.17) is 40.0 Å². The summed E-state index contributed by atoms with van der Waals surface area (Å²) in [6, 6.07) is 13.7. The van der Waals surface area contributed by atoms with Crippen LogP contribution >= 0.6 is 11.6 Å². The Bertz CT molecular complexity index is 2050. The van der Waals surface area contributed by atoms with Crippen LogP contribution < -0.4 is 25.7 Å². The molecule has 2 heterocycles. The molecule has 1 unspecified atom stereocenters. The van der Waals surface area contributed by atoms with Crippen molar-refractivity contribution in [2.24, 2.45) is 0 Å². The van der Waals surface area contributed by atoms with E-state index in [2.05, 4.69) is 15.7 Å². The number of ether oxygens (including phenoxy) is 6. The second kappa shape index (κ2) is 16.9. The zero-order chi connectivity index (χ0) is 39.8. The molecule has 0 saturated carbocycles. The topological polar surface area (TPSA) is 187 Å². The van der Waals surface area contributed by atoms with Crippen molar-refractivity contribution >= 4 is 41.2 Å². The normalized spacial score (nSPS) is 12.6. The highest BCUT2D eigenvalue weighted by atomic mass is 35.5. The lowest BCUT2D eigenvalue weighted by molar-refractivity contribution is -0.173. The van der Waals surface area contributed by atoms with Gasteiger partial charge in [0.1, 0.15) is 49.3 Å². The van der Waals surface area contributed by atoms with E-state index in [1.807, 2.05) is 12.1 Å². The molecule has 17 heteroatoms. The number of carbonyl (C=O) groups is 4. The monoisotopic (exact) mass is 769 g/mol. The molecule has 290 valence electrons. The number of aromatic nitrogens is 3. The van der Waals surface area contributed by atoms with Crippen molar-refractivity contribution in [2.75, 3.05) is 33.4 Å². The van der Waals surface area contributed by atoms with E-state index >= 15 is 0 Å². The predicted molar refractivity (Wildman–Crippen MR) is 197 cm³/mol. The molecule has 2 aromatic heterocycles. The van der Waals surface area contributed by atoms with Gasteiger partial charge in [0.2, 0.25) is 0 Å². The number of rotatable bonds is 13. The number of carbonyl (C=O) groups excluding carboxylic acids is 4. The molecule has 0 fully saturated rings. The van der Waals surface area contributed by atoms with Crippen LogP contribution in [-0.4, -0.2) is 88.5 Å². The lowest BCUT2D eigenvalue weighted by atomic mass is 10.1. The molecule has 0 radical (unpaired) electrons. The van der Waals surface area contributed by atoms with Crippen molar-refractivity contribution < 1.29 is 47.6 Å². The summed E-state index contributed by atoms with van der Waals surface area (Å²) in [4.78, 5) is 63.0. The lowest BCUT2D eigenvalue weighted by Crippen LogP contribution is -2.46. The first-order valence-corrected chi connectivity index (χ1v) is 17.1. The van der Waals surface area contributed by atoms with Crippen LogP contribution in [-0.2, 0) is 28.5 Å². The number of hydrogen-bond acceptors (Lipinski definition) is 12. The summed E-state index contributed by atoms with van der Waals surface area (Å²) in [6.45, 7) is 9.51. The Morgan fingerprint density at radius 1 is 0.759 bits per heavy atom. The highest BCUT2D eigenvalue weighted by molar-refractivity contribution is 6.30. The van der Waals surface area contributed by atoms with Gasteiger partial charge < -0.3 is 39.1 Å². The van der Waals surface area contributed by atoms with Gasteiger partial charge in [-0.1, -0.05) is 23.7 Å². The Balaban J connectivity index is 1.50. The van der Waals surface area contributed by atoms with Crippen LogP contribution in [0.5, 0.6) is 11.5 Å². The SMILES string of the molecule is COc1cc(-n2cnn3cc(-c4ccc(Cl)cc4)cc3c2=O)ccc1OCC(C)(COC(=O)CNC(=O)OC(C)(C)C)OC(=O)CNC(=O)OC(C)(C)C. The molecule has 0 saturated heterocycles. The second-order valence-corrected chi connectivity index (χ2v) is 14.7. The average molecular weight is 770 g/mol. The molecule has 2 N–H and O–H groups in total. The molecule has 2 aromatic carbocycles. The third-order valence-corrected chi connectivity index (χ3v) is 7.37.